The molecule has 1 atom stereocenters. The first kappa shape index (κ1) is 23.5. The SMILES string of the molecule is C/C=C\C(=O)N(C=O)CC(=O)NCC(=O)NCC(=O)N[C@H](C)Cc1ccccc1. The third-order valence-electron chi connectivity index (χ3n) is 3.72. The van der Waals surface area contributed by atoms with Gasteiger partial charge in [-0.3, -0.25) is 28.9 Å². The number of nitrogens with one attached hydrogen (secondary N) is 3. The number of nitrogens with zero attached hydrogens (tertiary/aromatic N) is 1. The van der Waals surface area contributed by atoms with E-state index in [0.717, 1.165) is 11.6 Å². The number of carbonyl (C=O) groups excluding carboxylic acids is 5. The highest BCUT2D eigenvalue weighted by molar-refractivity contribution is 5.98. The van der Waals surface area contributed by atoms with Gasteiger partial charge >= 0.3 is 0 Å². The highest BCUT2D eigenvalue weighted by atomic mass is 16.2. The summed E-state index contributed by atoms with van der Waals surface area (Å²) in [4.78, 5) is 58.4. The highest BCUT2D eigenvalue weighted by Crippen LogP contribution is 2.02. The highest BCUT2D eigenvalue weighted by Gasteiger charge is 2.15. The third kappa shape index (κ3) is 9.85. The van der Waals surface area contributed by atoms with Gasteiger partial charge in [0.1, 0.15) is 6.54 Å². The molecule has 1 rings (SSSR count). The van der Waals surface area contributed by atoms with Gasteiger partial charge in [0.25, 0.3) is 5.91 Å². The second-order valence-electron chi connectivity index (χ2n) is 6.28. The fourth-order valence-electron chi connectivity index (χ4n) is 2.38. The van der Waals surface area contributed by atoms with Gasteiger partial charge in [0.15, 0.2) is 0 Å². The molecule has 0 spiro atoms. The maximum Gasteiger partial charge on any atom is 0.253 e. The number of amides is 5. The van der Waals surface area contributed by atoms with Gasteiger partial charge in [0.2, 0.25) is 24.1 Å². The number of imide groups is 1. The van der Waals surface area contributed by atoms with Crippen molar-refractivity contribution in [2.24, 2.45) is 0 Å². The van der Waals surface area contributed by atoms with Gasteiger partial charge < -0.3 is 16.0 Å². The smallest absolute Gasteiger partial charge is 0.253 e. The van der Waals surface area contributed by atoms with Crippen LogP contribution in [-0.2, 0) is 30.4 Å². The summed E-state index contributed by atoms with van der Waals surface area (Å²) in [5, 5.41) is 7.45. The van der Waals surface area contributed by atoms with Crippen molar-refractivity contribution in [3.05, 3.63) is 48.0 Å². The molecular weight excluding hydrogens is 376 g/mol. The minimum Gasteiger partial charge on any atom is -0.352 e. The van der Waals surface area contributed by atoms with Crippen molar-refractivity contribution in [3.63, 3.8) is 0 Å². The largest absolute Gasteiger partial charge is 0.352 e. The predicted octanol–water partition coefficient (Wildman–Crippen LogP) is -0.473. The van der Waals surface area contributed by atoms with Crippen LogP contribution in [0.5, 0.6) is 0 Å². The third-order valence-corrected chi connectivity index (χ3v) is 3.72. The topological polar surface area (TPSA) is 125 Å². The maximum absolute atomic E-state index is 11.9. The van der Waals surface area contributed by atoms with Crippen molar-refractivity contribution < 1.29 is 24.0 Å². The van der Waals surface area contributed by atoms with Crippen LogP contribution in [0.4, 0.5) is 0 Å². The Kier molecular flexibility index (Phi) is 10.4. The van der Waals surface area contributed by atoms with Gasteiger partial charge in [0, 0.05) is 6.04 Å². The van der Waals surface area contributed by atoms with Crippen LogP contribution in [0.1, 0.15) is 19.4 Å². The van der Waals surface area contributed by atoms with Crippen LogP contribution in [0.3, 0.4) is 0 Å². The fraction of sp³-hybridized carbons (Fsp3) is 0.350. The molecule has 1 aromatic rings. The van der Waals surface area contributed by atoms with E-state index >= 15 is 0 Å². The molecule has 0 aliphatic carbocycles. The normalized spacial score (nSPS) is 11.4. The van der Waals surface area contributed by atoms with Gasteiger partial charge in [-0.15, -0.1) is 0 Å². The summed E-state index contributed by atoms with van der Waals surface area (Å²) < 4.78 is 0. The molecule has 29 heavy (non-hydrogen) atoms. The standard InChI is InChI=1S/C20H26N4O5/c1-3-7-20(29)24(14-25)13-19(28)22-11-17(26)21-12-18(27)23-15(2)10-16-8-5-4-6-9-16/h3-9,14-15H,10-13H2,1-2H3,(H,21,26)(H,22,28)(H,23,27)/b7-3-/t15-/m1/s1. The Bertz CT molecular complexity index is 748. The van der Waals surface area contributed by atoms with E-state index < -0.39 is 24.3 Å². The quantitative estimate of drug-likeness (QED) is 0.341. The Balaban J connectivity index is 2.28. The van der Waals surface area contributed by atoms with Crippen molar-refractivity contribution in [2.75, 3.05) is 19.6 Å². The fourth-order valence-corrected chi connectivity index (χ4v) is 2.38. The van der Waals surface area contributed by atoms with Crippen LogP contribution in [0.25, 0.3) is 0 Å². The van der Waals surface area contributed by atoms with Crippen molar-refractivity contribution in [2.45, 2.75) is 26.3 Å². The van der Waals surface area contributed by atoms with Gasteiger partial charge in [-0.05, 0) is 31.9 Å². The summed E-state index contributed by atoms with van der Waals surface area (Å²) in [6, 6.07) is 9.57. The Labute approximate surface area is 169 Å². The summed E-state index contributed by atoms with van der Waals surface area (Å²) in [5.41, 5.74) is 1.09. The first-order valence-corrected chi connectivity index (χ1v) is 9.11. The van der Waals surface area contributed by atoms with Gasteiger partial charge in [0.05, 0.1) is 13.1 Å². The summed E-state index contributed by atoms with van der Waals surface area (Å²) in [6.45, 7) is 2.35. The van der Waals surface area contributed by atoms with E-state index in [2.05, 4.69) is 16.0 Å². The second kappa shape index (κ2) is 12.8. The molecule has 1 aromatic carbocycles. The molecule has 0 saturated carbocycles. The molecule has 0 unspecified atom stereocenters. The first-order chi connectivity index (χ1) is 13.8. The molecule has 0 aliphatic heterocycles. The zero-order valence-electron chi connectivity index (χ0n) is 16.5. The lowest BCUT2D eigenvalue weighted by Crippen LogP contribution is -2.46. The molecule has 0 fully saturated rings. The lowest BCUT2D eigenvalue weighted by Gasteiger charge is -2.15. The Morgan fingerprint density at radius 1 is 1.00 bits per heavy atom. The molecule has 0 saturated heterocycles. The number of hydrogen-bond donors (Lipinski definition) is 3. The molecule has 0 bridgehead atoms. The Morgan fingerprint density at radius 3 is 2.24 bits per heavy atom. The minimum absolute atomic E-state index is 0.106. The Morgan fingerprint density at radius 2 is 1.62 bits per heavy atom. The van der Waals surface area contributed by atoms with Crippen LogP contribution in [0.2, 0.25) is 0 Å². The molecule has 0 aromatic heterocycles. The lowest BCUT2D eigenvalue weighted by atomic mass is 10.1. The van der Waals surface area contributed by atoms with Crippen LogP contribution < -0.4 is 16.0 Å². The van der Waals surface area contributed by atoms with E-state index in [1.54, 1.807) is 6.92 Å². The van der Waals surface area contributed by atoms with E-state index in [0.29, 0.717) is 11.3 Å². The molecule has 5 amide bonds. The number of rotatable bonds is 11. The molecular formula is C20H26N4O5. The number of allylic oxidation sites excluding steroid dienone is 1. The van der Waals surface area contributed by atoms with Crippen molar-refractivity contribution in [1.82, 2.24) is 20.9 Å². The molecule has 9 heteroatoms. The molecule has 0 aliphatic rings. The number of carbonyl (C=O) groups is 5. The van der Waals surface area contributed by atoms with E-state index in [9.17, 15) is 24.0 Å². The van der Waals surface area contributed by atoms with E-state index in [1.807, 2.05) is 37.3 Å². The average Bonchev–Trinajstić information content (AvgIpc) is 2.69. The van der Waals surface area contributed by atoms with Gasteiger partial charge in [-0.2, -0.15) is 0 Å². The summed E-state index contributed by atoms with van der Waals surface area (Å²) in [7, 11) is 0. The van der Waals surface area contributed by atoms with E-state index in [1.165, 1.54) is 6.08 Å². The van der Waals surface area contributed by atoms with Crippen molar-refractivity contribution >= 4 is 30.0 Å². The Hall–Kier alpha value is -3.49. The molecule has 156 valence electrons. The molecule has 0 radical (unpaired) electrons. The van der Waals surface area contributed by atoms with Crippen LogP contribution >= 0.6 is 0 Å². The molecule has 3 N–H and O–H groups in total. The summed E-state index contributed by atoms with van der Waals surface area (Å²) >= 11 is 0. The van der Waals surface area contributed by atoms with Gasteiger partial charge in [-0.25, -0.2) is 0 Å². The molecule has 9 nitrogen and oxygen atoms in total. The van der Waals surface area contributed by atoms with E-state index in [4.69, 9.17) is 0 Å². The second-order valence-corrected chi connectivity index (χ2v) is 6.28. The summed E-state index contributed by atoms with van der Waals surface area (Å²) in [6.07, 6.45) is 3.49. The monoisotopic (exact) mass is 402 g/mol. The summed E-state index contributed by atoms with van der Waals surface area (Å²) in [5.74, 6) is -2.23. The predicted molar refractivity (Wildman–Crippen MR) is 106 cm³/mol. The van der Waals surface area contributed by atoms with E-state index in [-0.39, 0.29) is 31.4 Å². The first-order valence-electron chi connectivity index (χ1n) is 9.11. The van der Waals surface area contributed by atoms with Crippen LogP contribution in [0, 0.1) is 0 Å². The van der Waals surface area contributed by atoms with Crippen LogP contribution in [0.15, 0.2) is 42.5 Å². The van der Waals surface area contributed by atoms with Crippen LogP contribution in [-0.4, -0.2) is 60.6 Å². The number of benzene rings is 1. The average molecular weight is 402 g/mol. The minimum atomic E-state index is -0.675. The van der Waals surface area contributed by atoms with Crippen molar-refractivity contribution in [1.29, 1.82) is 0 Å². The lowest BCUT2D eigenvalue weighted by molar-refractivity contribution is -0.139. The molecule has 0 heterocycles. The zero-order chi connectivity index (χ0) is 21.6. The van der Waals surface area contributed by atoms with Crippen molar-refractivity contribution in [3.8, 4) is 0 Å². The zero-order valence-corrected chi connectivity index (χ0v) is 16.5. The maximum atomic E-state index is 11.9. The number of hydrogen-bond acceptors (Lipinski definition) is 5. The van der Waals surface area contributed by atoms with Gasteiger partial charge in [-0.1, -0.05) is 36.4 Å².